The lowest BCUT2D eigenvalue weighted by molar-refractivity contribution is -0.117. The van der Waals surface area contributed by atoms with Gasteiger partial charge in [-0.2, -0.15) is 0 Å². The summed E-state index contributed by atoms with van der Waals surface area (Å²) in [5.74, 6) is -1.68. The van der Waals surface area contributed by atoms with Crippen molar-refractivity contribution in [1.29, 1.82) is 0 Å². The minimum absolute atomic E-state index is 0.0775. The van der Waals surface area contributed by atoms with Crippen LogP contribution in [0.5, 0.6) is 0 Å². The average Bonchev–Trinajstić information content (AvgIpc) is 2.83. The van der Waals surface area contributed by atoms with Crippen LogP contribution < -0.4 is 10.6 Å². The zero-order chi connectivity index (χ0) is 23.4. The number of anilines is 2. The number of sulfone groups is 1. The van der Waals surface area contributed by atoms with E-state index >= 15 is 0 Å². The second-order valence-electron chi connectivity index (χ2n) is 8.11. The summed E-state index contributed by atoms with van der Waals surface area (Å²) in [6.45, 7) is 2.00. The minimum Gasteiger partial charge on any atom is -0.326 e. The quantitative estimate of drug-likeness (QED) is 0.547. The molecule has 3 aromatic carbocycles. The van der Waals surface area contributed by atoms with Crippen molar-refractivity contribution < 1.29 is 18.0 Å². The number of benzene rings is 3. The van der Waals surface area contributed by atoms with Crippen molar-refractivity contribution in [2.24, 2.45) is 0 Å². The molecule has 0 saturated heterocycles. The normalized spacial score (nSPS) is 14.2. The van der Waals surface area contributed by atoms with Crippen LogP contribution in [0.25, 0.3) is 0 Å². The minimum atomic E-state index is -3.78. The highest BCUT2D eigenvalue weighted by Crippen LogP contribution is 2.29. The van der Waals surface area contributed by atoms with Crippen LogP contribution in [-0.2, 0) is 32.3 Å². The van der Waals surface area contributed by atoms with Crippen molar-refractivity contribution in [3.05, 3.63) is 89.5 Å². The van der Waals surface area contributed by atoms with Crippen LogP contribution in [0.15, 0.2) is 77.7 Å². The van der Waals surface area contributed by atoms with E-state index in [1.165, 1.54) is 6.07 Å². The Bertz CT molecular complexity index is 1290. The summed E-state index contributed by atoms with van der Waals surface area (Å²) in [6.07, 6.45) is 1.56. The molecule has 2 N–H and O–H groups in total. The van der Waals surface area contributed by atoms with Gasteiger partial charge in [0.2, 0.25) is 11.8 Å². The van der Waals surface area contributed by atoms with Crippen LogP contribution >= 0.6 is 0 Å². The van der Waals surface area contributed by atoms with Crippen molar-refractivity contribution in [2.75, 3.05) is 16.4 Å². The highest BCUT2D eigenvalue weighted by atomic mass is 32.2. The van der Waals surface area contributed by atoms with E-state index < -0.39 is 15.8 Å². The molecule has 0 radical (unpaired) electrons. The summed E-state index contributed by atoms with van der Waals surface area (Å²) in [7, 11) is -3.78. The molecule has 2 amide bonds. The summed E-state index contributed by atoms with van der Waals surface area (Å²) in [6, 6.07) is 21.2. The third kappa shape index (κ3) is 5.14. The van der Waals surface area contributed by atoms with Gasteiger partial charge in [-0.15, -0.1) is 0 Å². The van der Waals surface area contributed by atoms with Crippen LogP contribution in [0.4, 0.5) is 11.4 Å². The molecule has 1 aliphatic heterocycles. The van der Waals surface area contributed by atoms with Crippen LogP contribution in [0.1, 0.15) is 36.0 Å². The van der Waals surface area contributed by atoms with Gasteiger partial charge < -0.3 is 10.6 Å². The first-order valence-electron chi connectivity index (χ1n) is 11.0. The van der Waals surface area contributed by atoms with Gasteiger partial charge >= 0.3 is 0 Å². The van der Waals surface area contributed by atoms with Gasteiger partial charge in [0.15, 0.2) is 9.84 Å². The van der Waals surface area contributed by atoms with Gasteiger partial charge in [-0.3, -0.25) is 9.59 Å². The number of amides is 2. The van der Waals surface area contributed by atoms with E-state index in [1.54, 1.807) is 36.4 Å². The molecular weight excluding hydrogens is 436 g/mol. The number of hydrogen-bond donors (Lipinski definition) is 2. The third-order valence-corrected chi connectivity index (χ3v) is 7.64. The fourth-order valence-corrected chi connectivity index (χ4v) is 5.62. The van der Waals surface area contributed by atoms with E-state index in [9.17, 15) is 18.0 Å². The maximum absolute atomic E-state index is 13.4. The number of carbonyl (C=O) groups excluding carboxylic acids is 2. The SMILES string of the molecule is CCc1ccccc1NC(=O)C(CS(=O)(=O)c1ccc2c(c1)CCC(=O)N2)c1ccccc1. The van der Waals surface area contributed by atoms with E-state index in [-0.39, 0.29) is 22.5 Å². The average molecular weight is 463 g/mol. The molecule has 1 aliphatic rings. The fourth-order valence-electron chi connectivity index (χ4n) is 4.05. The van der Waals surface area contributed by atoms with Crippen molar-refractivity contribution >= 4 is 33.0 Å². The number of rotatable bonds is 7. The highest BCUT2D eigenvalue weighted by molar-refractivity contribution is 7.91. The summed E-state index contributed by atoms with van der Waals surface area (Å²) in [5.41, 5.74) is 3.73. The van der Waals surface area contributed by atoms with Crippen molar-refractivity contribution in [2.45, 2.75) is 37.0 Å². The van der Waals surface area contributed by atoms with Crippen molar-refractivity contribution in [3.63, 3.8) is 0 Å². The Morgan fingerprint density at radius 1 is 1.00 bits per heavy atom. The Labute approximate surface area is 194 Å². The van der Waals surface area contributed by atoms with E-state index in [2.05, 4.69) is 10.6 Å². The molecule has 0 spiro atoms. The lowest BCUT2D eigenvalue weighted by Crippen LogP contribution is -2.28. The summed E-state index contributed by atoms with van der Waals surface area (Å²) in [4.78, 5) is 25.1. The van der Waals surface area contributed by atoms with E-state index in [1.807, 2.05) is 37.3 Å². The van der Waals surface area contributed by atoms with Gasteiger partial charge in [-0.1, -0.05) is 55.5 Å². The van der Waals surface area contributed by atoms with E-state index in [4.69, 9.17) is 0 Å². The molecule has 0 saturated carbocycles. The highest BCUT2D eigenvalue weighted by Gasteiger charge is 2.29. The molecule has 7 heteroatoms. The lowest BCUT2D eigenvalue weighted by atomic mass is 10.00. The molecule has 0 fully saturated rings. The van der Waals surface area contributed by atoms with Crippen LogP contribution in [0.2, 0.25) is 0 Å². The Kier molecular flexibility index (Phi) is 6.60. The summed E-state index contributed by atoms with van der Waals surface area (Å²) < 4.78 is 26.8. The van der Waals surface area contributed by atoms with Crippen LogP contribution in [0.3, 0.4) is 0 Å². The van der Waals surface area contributed by atoms with Crippen LogP contribution in [-0.4, -0.2) is 26.0 Å². The molecule has 3 aromatic rings. The van der Waals surface area contributed by atoms with E-state index in [0.29, 0.717) is 29.8 Å². The first kappa shape index (κ1) is 22.7. The second kappa shape index (κ2) is 9.58. The summed E-state index contributed by atoms with van der Waals surface area (Å²) >= 11 is 0. The van der Waals surface area contributed by atoms with Gasteiger partial charge in [0.1, 0.15) is 0 Å². The number of para-hydroxylation sites is 1. The van der Waals surface area contributed by atoms with Gasteiger partial charge in [0.25, 0.3) is 0 Å². The summed E-state index contributed by atoms with van der Waals surface area (Å²) in [5, 5.41) is 5.70. The molecule has 33 heavy (non-hydrogen) atoms. The molecule has 0 bridgehead atoms. The Morgan fingerprint density at radius 3 is 2.48 bits per heavy atom. The van der Waals surface area contributed by atoms with Gasteiger partial charge in [0.05, 0.1) is 16.6 Å². The van der Waals surface area contributed by atoms with Gasteiger partial charge in [-0.25, -0.2) is 8.42 Å². The molecule has 1 unspecified atom stereocenters. The fraction of sp³-hybridized carbons (Fsp3) is 0.231. The number of nitrogens with one attached hydrogen (secondary N) is 2. The molecule has 4 rings (SSSR count). The van der Waals surface area contributed by atoms with E-state index in [0.717, 1.165) is 17.5 Å². The standard InChI is InChI=1S/C26H26N2O4S/c1-2-18-8-6-7-11-23(18)28-26(30)22(19-9-4-3-5-10-19)17-33(31,32)21-13-14-24-20(16-21)12-15-25(29)27-24/h3-11,13-14,16,22H,2,12,15,17H2,1H3,(H,27,29)(H,28,30). The number of carbonyl (C=O) groups is 2. The smallest absolute Gasteiger partial charge is 0.232 e. The zero-order valence-electron chi connectivity index (χ0n) is 18.4. The Morgan fingerprint density at radius 2 is 1.73 bits per heavy atom. The maximum Gasteiger partial charge on any atom is 0.232 e. The van der Waals surface area contributed by atoms with Gasteiger partial charge in [0, 0.05) is 17.8 Å². The first-order chi connectivity index (χ1) is 15.9. The molecule has 1 heterocycles. The Balaban J connectivity index is 1.64. The predicted molar refractivity (Wildman–Crippen MR) is 129 cm³/mol. The molecule has 0 aliphatic carbocycles. The number of aryl methyl sites for hydroxylation is 2. The first-order valence-corrected chi connectivity index (χ1v) is 12.6. The molecule has 0 aromatic heterocycles. The van der Waals surface area contributed by atoms with Crippen LogP contribution in [0, 0.1) is 0 Å². The maximum atomic E-state index is 13.4. The molecule has 1 atom stereocenters. The monoisotopic (exact) mass is 462 g/mol. The topological polar surface area (TPSA) is 92.3 Å². The number of hydrogen-bond acceptors (Lipinski definition) is 4. The van der Waals surface area contributed by atoms with Gasteiger partial charge in [-0.05, 0) is 53.8 Å². The predicted octanol–water partition coefficient (Wildman–Crippen LogP) is 4.33. The molecule has 6 nitrogen and oxygen atoms in total. The lowest BCUT2D eigenvalue weighted by Gasteiger charge is -2.20. The third-order valence-electron chi connectivity index (χ3n) is 5.89. The molecule has 170 valence electrons. The van der Waals surface area contributed by atoms with Crippen molar-refractivity contribution in [3.8, 4) is 0 Å². The number of fused-ring (bicyclic) bond motifs is 1. The second-order valence-corrected chi connectivity index (χ2v) is 10.1. The molecular formula is C26H26N2O4S. The largest absolute Gasteiger partial charge is 0.326 e. The Hall–Kier alpha value is -3.45. The van der Waals surface area contributed by atoms with Crippen molar-refractivity contribution in [1.82, 2.24) is 0 Å². The zero-order valence-corrected chi connectivity index (χ0v) is 19.2.